The van der Waals surface area contributed by atoms with Crippen molar-refractivity contribution in [3.8, 4) is 0 Å². The molecule has 3 heteroatoms. The second kappa shape index (κ2) is 4.81. The summed E-state index contributed by atoms with van der Waals surface area (Å²) < 4.78 is 5.42. The van der Waals surface area contributed by atoms with E-state index < -0.39 is 0 Å². The molecule has 0 bridgehead atoms. The minimum Gasteiger partial charge on any atom is -0.396 e. The van der Waals surface area contributed by atoms with Crippen molar-refractivity contribution in [3.63, 3.8) is 0 Å². The van der Waals surface area contributed by atoms with Gasteiger partial charge in [-0.15, -0.1) is 0 Å². The third kappa shape index (κ3) is 2.71. The molecule has 1 heterocycles. The van der Waals surface area contributed by atoms with Gasteiger partial charge in [0.25, 0.3) is 0 Å². The first-order valence-electron chi connectivity index (χ1n) is 6.22. The van der Waals surface area contributed by atoms with Crippen LogP contribution in [-0.4, -0.2) is 37.5 Å². The average Bonchev–Trinajstić information content (AvgIpc) is 2.85. The second-order valence-corrected chi connectivity index (χ2v) is 5.18. The first kappa shape index (κ1) is 11.4. The molecule has 1 saturated heterocycles. The third-order valence-corrected chi connectivity index (χ3v) is 4.01. The first-order valence-corrected chi connectivity index (χ1v) is 6.22. The normalized spacial score (nSPS) is 30.4. The van der Waals surface area contributed by atoms with Gasteiger partial charge in [0, 0.05) is 31.2 Å². The zero-order chi connectivity index (χ0) is 10.7. The Morgan fingerprint density at radius 3 is 2.80 bits per heavy atom. The summed E-state index contributed by atoms with van der Waals surface area (Å²) >= 11 is 0. The van der Waals surface area contributed by atoms with Crippen molar-refractivity contribution in [2.75, 3.05) is 26.4 Å². The molecule has 2 N–H and O–H groups in total. The highest BCUT2D eigenvalue weighted by molar-refractivity contribution is 4.95. The maximum Gasteiger partial charge on any atom is 0.0509 e. The molecule has 2 unspecified atom stereocenters. The van der Waals surface area contributed by atoms with E-state index >= 15 is 0 Å². The number of ether oxygens (including phenoxy) is 1. The highest BCUT2D eigenvalue weighted by Gasteiger charge is 2.42. The SMILES string of the molecule is CCC(NCC1(CO)CC1)C1CCOC1. The second-order valence-electron chi connectivity index (χ2n) is 5.18. The van der Waals surface area contributed by atoms with Gasteiger partial charge in [0.15, 0.2) is 0 Å². The van der Waals surface area contributed by atoms with Crippen LogP contribution >= 0.6 is 0 Å². The van der Waals surface area contributed by atoms with E-state index in [2.05, 4.69) is 12.2 Å². The lowest BCUT2D eigenvalue weighted by Crippen LogP contribution is -2.40. The zero-order valence-corrected chi connectivity index (χ0v) is 9.67. The molecule has 1 aliphatic carbocycles. The van der Waals surface area contributed by atoms with Crippen LogP contribution < -0.4 is 5.32 Å². The summed E-state index contributed by atoms with van der Waals surface area (Å²) in [6.07, 6.45) is 4.73. The van der Waals surface area contributed by atoms with E-state index in [1.54, 1.807) is 0 Å². The van der Waals surface area contributed by atoms with E-state index in [0.29, 0.717) is 18.6 Å². The van der Waals surface area contributed by atoms with E-state index in [1.165, 1.54) is 19.3 Å². The quantitative estimate of drug-likeness (QED) is 0.696. The predicted octanol–water partition coefficient (Wildman–Crippen LogP) is 1.16. The van der Waals surface area contributed by atoms with E-state index in [4.69, 9.17) is 4.74 Å². The Balaban J connectivity index is 1.75. The van der Waals surface area contributed by atoms with Gasteiger partial charge >= 0.3 is 0 Å². The Bertz CT molecular complexity index is 198. The number of aliphatic hydroxyl groups is 1. The van der Waals surface area contributed by atoms with Crippen LogP contribution in [0.4, 0.5) is 0 Å². The number of hydrogen-bond donors (Lipinski definition) is 2. The minimum absolute atomic E-state index is 0.229. The minimum atomic E-state index is 0.229. The van der Waals surface area contributed by atoms with Gasteiger partial charge in [-0.3, -0.25) is 0 Å². The lowest BCUT2D eigenvalue weighted by molar-refractivity contribution is 0.168. The fraction of sp³-hybridized carbons (Fsp3) is 1.00. The largest absolute Gasteiger partial charge is 0.396 e. The highest BCUT2D eigenvalue weighted by atomic mass is 16.5. The Kier molecular flexibility index (Phi) is 3.65. The topological polar surface area (TPSA) is 41.5 Å². The van der Waals surface area contributed by atoms with Crippen molar-refractivity contribution >= 4 is 0 Å². The maximum absolute atomic E-state index is 9.24. The Morgan fingerprint density at radius 1 is 1.53 bits per heavy atom. The molecular formula is C12H23NO2. The molecule has 1 saturated carbocycles. The van der Waals surface area contributed by atoms with Gasteiger partial charge in [-0.2, -0.15) is 0 Å². The molecule has 0 radical (unpaired) electrons. The summed E-state index contributed by atoms with van der Waals surface area (Å²) in [5.74, 6) is 0.685. The van der Waals surface area contributed by atoms with Crippen LogP contribution in [0.3, 0.4) is 0 Å². The summed E-state index contributed by atoms with van der Waals surface area (Å²) in [5.41, 5.74) is 0.229. The van der Waals surface area contributed by atoms with Crippen LogP contribution in [0.2, 0.25) is 0 Å². The van der Waals surface area contributed by atoms with Gasteiger partial charge in [-0.05, 0) is 31.6 Å². The molecule has 0 aromatic heterocycles. The molecular weight excluding hydrogens is 190 g/mol. The van der Waals surface area contributed by atoms with Crippen molar-refractivity contribution in [2.24, 2.45) is 11.3 Å². The number of nitrogens with one attached hydrogen (secondary N) is 1. The Morgan fingerprint density at radius 2 is 2.33 bits per heavy atom. The van der Waals surface area contributed by atoms with Gasteiger partial charge in [-0.25, -0.2) is 0 Å². The van der Waals surface area contributed by atoms with Gasteiger partial charge in [0.2, 0.25) is 0 Å². The van der Waals surface area contributed by atoms with Gasteiger partial charge in [0.05, 0.1) is 6.61 Å². The fourth-order valence-corrected chi connectivity index (χ4v) is 2.43. The molecule has 0 spiro atoms. The van der Waals surface area contributed by atoms with Crippen molar-refractivity contribution in [1.29, 1.82) is 0 Å². The summed E-state index contributed by atoms with van der Waals surface area (Å²) in [5, 5.41) is 12.9. The van der Waals surface area contributed by atoms with Crippen molar-refractivity contribution in [3.05, 3.63) is 0 Å². The molecule has 2 fully saturated rings. The van der Waals surface area contributed by atoms with Crippen LogP contribution in [0, 0.1) is 11.3 Å². The molecule has 88 valence electrons. The van der Waals surface area contributed by atoms with E-state index in [9.17, 15) is 5.11 Å². The Hall–Kier alpha value is -0.120. The molecule has 0 amide bonds. The van der Waals surface area contributed by atoms with Crippen LogP contribution in [0.25, 0.3) is 0 Å². The molecule has 0 aromatic rings. The van der Waals surface area contributed by atoms with Gasteiger partial charge < -0.3 is 15.2 Å². The Labute approximate surface area is 92.2 Å². The molecule has 2 rings (SSSR count). The lowest BCUT2D eigenvalue weighted by Gasteiger charge is -2.24. The van der Waals surface area contributed by atoms with Gasteiger partial charge in [0.1, 0.15) is 0 Å². The fourth-order valence-electron chi connectivity index (χ4n) is 2.43. The first-order chi connectivity index (χ1) is 7.29. The number of aliphatic hydroxyl groups excluding tert-OH is 1. The molecule has 15 heavy (non-hydrogen) atoms. The summed E-state index contributed by atoms with van der Waals surface area (Å²) in [7, 11) is 0. The zero-order valence-electron chi connectivity index (χ0n) is 9.67. The van der Waals surface area contributed by atoms with Crippen molar-refractivity contribution in [2.45, 2.75) is 38.6 Å². The van der Waals surface area contributed by atoms with Crippen LogP contribution in [0.1, 0.15) is 32.6 Å². The van der Waals surface area contributed by atoms with E-state index in [1.807, 2.05) is 0 Å². The smallest absolute Gasteiger partial charge is 0.0509 e. The van der Waals surface area contributed by atoms with E-state index in [0.717, 1.165) is 26.2 Å². The van der Waals surface area contributed by atoms with Crippen LogP contribution in [0.15, 0.2) is 0 Å². The van der Waals surface area contributed by atoms with Crippen molar-refractivity contribution < 1.29 is 9.84 Å². The summed E-state index contributed by atoms with van der Waals surface area (Å²) in [6.45, 7) is 5.40. The maximum atomic E-state index is 9.24. The van der Waals surface area contributed by atoms with Crippen molar-refractivity contribution in [1.82, 2.24) is 5.32 Å². The molecule has 0 aromatic carbocycles. The monoisotopic (exact) mass is 213 g/mol. The predicted molar refractivity (Wildman–Crippen MR) is 59.8 cm³/mol. The lowest BCUT2D eigenvalue weighted by atomic mass is 9.96. The van der Waals surface area contributed by atoms with Gasteiger partial charge in [-0.1, -0.05) is 6.92 Å². The highest BCUT2D eigenvalue weighted by Crippen LogP contribution is 2.44. The molecule has 2 atom stereocenters. The molecule has 2 aliphatic rings. The average molecular weight is 213 g/mol. The molecule has 3 nitrogen and oxygen atoms in total. The van der Waals surface area contributed by atoms with Crippen LogP contribution in [0.5, 0.6) is 0 Å². The standard InChI is InChI=1S/C12H23NO2/c1-2-11(10-3-6-15-7-10)13-8-12(9-14)4-5-12/h10-11,13-14H,2-9H2,1H3. The number of hydrogen-bond acceptors (Lipinski definition) is 3. The number of rotatable bonds is 6. The summed E-state index contributed by atoms with van der Waals surface area (Å²) in [4.78, 5) is 0. The van der Waals surface area contributed by atoms with E-state index in [-0.39, 0.29) is 5.41 Å². The third-order valence-electron chi connectivity index (χ3n) is 4.01. The molecule has 1 aliphatic heterocycles. The van der Waals surface area contributed by atoms with Crippen LogP contribution in [-0.2, 0) is 4.74 Å². The summed E-state index contributed by atoms with van der Waals surface area (Å²) in [6, 6.07) is 0.580.